The molecule has 3 nitrogen and oxygen atoms in total. The standard InChI is InChI=1S/C30H36FNO2/c1-4-6-10-18-33-23(3)11-8-7-9-12-24-13-16-28(29(31)19-24)30-21-25-14-15-27(34-17-5-2)20-26(25)22-32-30/h5,9,12-16,19-23H,2,4,6-8,10-11,17-18H2,1,3H3/b12-9+. The smallest absolute Gasteiger partial charge is 0.133 e. The van der Waals surface area contributed by atoms with Crippen molar-refractivity contribution in [1.29, 1.82) is 0 Å². The van der Waals surface area contributed by atoms with Crippen LogP contribution in [0.15, 0.2) is 67.4 Å². The number of nitrogens with zero attached hydrogens (tertiary/aromatic N) is 1. The summed E-state index contributed by atoms with van der Waals surface area (Å²) in [5, 5.41) is 1.94. The summed E-state index contributed by atoms with van der Waals surface area (Å²) in [4.78, 5) is 4.48. The first-order valence-electron chi connectivity index (χ1n) is 12.3. The zero-order valence-corrected chi connectivity index (χ0v) is 20.4. The molecular formula is C30H36FNO2. The molecule has 1 aromatic heterocycles. The number of rotatable bonds is 14. The summed E-state index contributed by atoms with van der Waals surface area (Å²) < 4.78 is 26.3. The number of benzene rings is 2. The van der Waals surface area contributed by atoms with E-state index in [0.717, 1.165) is 54.4 Å². The number of allylic oxidation sites excluding steroid dienone is 1. The minimum absolute atomic E-state index is 0.269. The first kappa shape index (κ1) is 25.6. The van der Waals surface area contributed by atoms with Crippen molar-refractivity contribution in [3.63, 3.8) is 0 Å². The average molecular weight is 462 g/mol. The SMILES string of the molecule is C=CCOc1ccc2cc(-c3ccc(/C=C/CCCC(C)OCCCCC)cc3F)ncc2c1. The van der Waals surface area contributed by atoms with Crippen LogP contribution in [0.3, 0.4) is 0 Å². The number of aromatic nitrogens is 1. The number of ether oxygens (including phenoxy) is 2. The number of halogens is 1. The van der Waals surface area contributed by atoms with Crippen LogP contribution >= 0.6 is 0 Å². The van der Waals surface area contributed by atoms with E-state index in [1.165, 1.54) is 12.8 Å². The van der Waals surface area contributed by atoms with Crippen molar-refractivity contribution in [2.45, 2.75) is 58.5 Å². The summed E-state index contributed by atoms with van der Waals surface area (Å²) in [6.07, 6.45) is 14.5. The van der Waals surface area contributed by atoms with Gasteiger partial charge in [0.2, 0.25) is 0 Å². The van der Waals surface area contributed by atoms with Crippen LogP contribution in [0.1, 0.15) is 57.9 Å². The molecule has 34 heavy (non-hydrogen) atoms. The van der Waals surface area contributed by atoms with E-state index in [2.05, 4.69) is 31.5 Å². The van der Waals surface area contributed by atoms with Crippen LogP contribution in [-0.2, 0) is 4.74 Å². The van der Waals surface area contributed by atoms with Gasteiger partial charge < -0.3 is 9.47 Å². The zero-order valence-electron chi connectivity index (χ0n) is 20.4. The fraction of sp³-hybridized carbons (Fsp3) is 0.367. The van der Waals surface area contributed by atoms with Crippen molar-refractivity contribution in [1.82, 2.24) is 4.98 Å². The highest BCUT2D eigenvalue weighted by atomic mass is 19.1. The van der Waals surface area contributed by atoms with Crippen LogP contribution in [0.5, 0.6) is 5.75 Å². The molecule has 0 aliphatic carbocycles. The predicted octanol–water partition coefficient (Wildman–Crippen LogP) is 8.38. The highest BCUT2D eigenvalue weighted by Crippen LogP contribution is 2.27. The van der Waals surface area contributed by atoms with Crippen molar-refractivity contribution in [2.24, 2.45) is 0 Å². The third-order valence-corrected chi connectivity index (χ3v) is 5.77. The van der Waals surface area contributed by atoms with Crippen molar-refractivity contribution >= 4 is 16.8 Å². The van der Waals surface area contributed by atoms with Crippen LogP contribution < -0.4 is 4.74 Å². The molecule has 180 valence electrons. The zero-order chi connectivity index (χ0) is 24.2. The van der Waals surface area contributed by atoms with Gasteiger partial charge in [-0.15, -0.1) is 0 Å². The summed E-state index contributed by atoms with van der Waals surface area (Å²) in [6.45, 7) is 9.31. The average Bonchev–Trinajstić information content (AvgIpc) is 2.85. The van der Waals surface area contributed by atoms with Crippen LogP contribution in [-0.4, -0.2) is 24.3 Å². The van der Waals surface area contributed by atoms with Gasteiger partial charge in [0.1, 0.15) is 18.2 Å². The largest absolute Gasteiger partial charge is 0.490 e. The van der Waals surface area contributed by atoms with Crippen molar-refractivity contribution in [2.75, 3.05) is 13.2 Å². The lowest BCUT2D eigenvalue weighted by atomic mass is 10.0. The molecule has 2 aromatic carbocycles. The maximum atomic E-state index is 14.9. The van der Waals surface area contributed by atoms with E-state index in [1.54, 1.807) is 24.4 Å². The van der Waals surface area contributed by atoms with Gasteiger partial charge in [-0.05, 0) is 73.9 Å². The minimum Gasteiger partial charge on any atom is -0.490 e. The van der Waals surface area contributed by atoms with Gasteiger partial charge in [-0.1, -0.05) is 56.7 Å². The third-order valence-electron chi connectivity index (χ3n) is 5.77. The summed E-state index contributed by atoms with van der Waals surface area (Å²) >= 11 is 0. The Balaban J connectivity index is 1.55. The van der Waals surface area contributed by atoms with E-state index in [-0.39, 0.29) is 5.82 Å². The Morgan fingerprint density at radius 3 is 2.74 bits per heavy atom. The van der Waals surface area contributed by atoms with Gasteiger partial charge in [0.25, 0.3) is 0 Å². The van der Waals surface area contributed by atoms with Crippen molar-refractivity contribution < 1.29 is 13.9 Å². The Labute approximate surface area is 203 Å². The van der Waals surface area contributed by atoms with Gasteiger partial charge in [0.15, 0.2) is 0 Å². The molecule has 0 aliphatic heterocycles. The molecule has 1 heterocycles. The molecule has 1 atom stereocenters. The minimum atomic E-state index is -0.269. The van der Waals surface area contributed by atoms with E-state index >= 15 is 0 Å². The number of hydrogen-bond acceptors (Lipinski definition) is 3. The van der Waals surface area contributed by atoms with E-state index in [1.807, 2.05) is 36.4 Å². The van der Waals surface area contributed by atoms with Crippen molar-refractivity contribution in [3.8, 4) is 17.0 Å². The van der Waals surface area contributed by atoms with Crippen LogP contribution in [0, 0.1) is 5.82 Å². The van der Waals surface area contributed by atoms with Gasteiger partial charge in [0.05, 0.1) is 11.8 Å². The van der Waals surface area contributed by atoms with Gasteiger partial charge >= 0.3 is 0 Å². The molecule has 0 bridgehead atoms. The van der Waals surface area contributed by atoms with Gasteiger partial charge in [-0.3, -0.25) is 4.98 Å². The normalized spacial score (nSPS) is 12.3. The maximum Gasteiger partial charge on any atom is 0.133 e. The second-order valence-corrected chi connectivity index (χ2v) is 8.64. The molecule has 3 aromatic rings. The molecule has 1 unspecified atom stereocenters. The van der Waals surface area contributed by atoms with Gasteiger partial charge in [-0.2, -0.15) is 0 Å². The summed E-state index contributed by atoms with van der Waals surface area (Å²) in [5.74, 6) is 0.493. The van der Waals surface area contributed by atoms with E-state index in [0.29, 0.717) is 24.0 Å². The van der Waals surface area contributed by atoms with Crippen LogP contribution in [0.2, 0.25) is 0 Å². The van der Waals surface area contributed by atoms with E-state index in [9.17, 15) is 4.39 Å². The molecule has 0 amide bonds. The summed E-state index contributed by atoms with van der Waals surface area (Å²) in [7, 11) is 0. The number of unbranched alkanes of at least 4 members (excludes halogenated alkanes) is 3. The quantitative estimate of drug-likeness (QED) is 0.178. The second-order valence-electron chi connectivity index (χ2n) is 8.64. The molecule has 0 radical (unpaired) electrons. The molecule has 4 heteroatoms. The molecule has 0 N–H and O–H groups in total. The lowest BCUT2D eigenvalue weighted by Gasteiger charge is -2.12. The Morgan fingerprint density at radius 2 is 1.94 bits per heavy atom. The Bertz CT molecular complexity index is 1090. The molecule has 3 rings (SSSR count). The third kappa shape index (κ3) is 7.81. The fourth-order valence-electron chi connectivity index (χ4n) is 3.82. The Kier molecular flexibility index (Phi) is 10.3. The molecular weight excluding hydrogens is 425 g/mol. The highest BCUT2D eigenvalue weighted by molar-refractivity contribution is 5.86. The lowest BCUT2D eigenvalue weighted by Crippen LogP contribution is -2.08. The summed E-state index contributed by atoms with van der Waals surface area (Å²) in [6, 6.07) is 13.0. The molecule has 0 spiro atoms. The van der Waals surface area contributed by atoms with Crippen molar-refractivity contribution in [3.05, 3.63) is 78.8 Å². The predicted molar refractivity (Wildman–Crippen MR) is 141 cm³/mol. The number of fused-ring (bicyclic) bond motifs is 1. The monoisotopic (exact) mass is 461 g/mol. The fourth-order valence-corrected chi connectivity index (χ4v) is 3.82. The molecule has 0 fully saturated rings. The highest BCUT2D eigenvalue weighted by Gasteiger charge is 2.09. The molecule has 0 saturated heterocycles. The van der Waals surface area contributed by atoms with E-state index < -0.39 is 0 Å². The topological polar surface area (TPSA) is 31.4 Å². The number of pyridine rings is 1. The molecule has 0 saturated carbocycles. The number of hydrogen-bond donors (Lipinski definition) is 0. The first-order chi connectivity index (χ1) is 16.6. The maximum absolute atomic E-state index is 14.9. The van der Waals surface area contributed by atoms with E-state index in [4.69, 9.17) is 9.47 Å². The second kappa shape index (κ2) is 13.7. The Morgan fingerprint density at radius 1 is 1.06 bits per heavy atom. The Hall–Kier alpha value is -2.98. The molecule has 0 aliphatic rings. The van der Waals surface area contributed by atoms with Gasteiger partial charge in [-0.25, -0.2) is 4.39 Å². The first-order valence-corrected chi connectivity index (χ1v) is 12.3. The lowest BCUT2D eigenvalue weighted by molar-refractivity contribution is 0.0566. The van der Waals surface area contributed by atoms with Gasteiger partial charge in [0, 0.05) is 23.8 Å². The summed E-state index contributed by atoms with van der Waals surface area (Å²) in [5.41, 5.74) is 1.98. The van der Waals surface area contributed by atoms with Crippen LogP contribution in [0.4, 0.5) is 4.39 Å². The van der Waals surface area contributed by atoms with Crippen LogP contribution in [0.25, 0.3) is 28.1 Å².